The number of ether oxygens (including phenoxy) is 1. The number of nitrogens with one attached hydrogen (secondary N) is 1. The molecule has 208 valence electrons. The summed E-state index contributed by atoms with van der Waals surface area (Å²) in [6.45, 7) is 7.06. The van der Waals surface area contributed by atoms with Gasteiger partial charge in [0.2, 0.25) is 15.9 Å². The fourth-order valence-electron chi connectivity index (χ4n) is 5.57. The van der Waals surface area contributed by atoms with Crippen LogP contribution in [0, 0.1) is 11.8 Å². The summed E-state index contributed by atoms with van der Waals surface area (Å²) in [6, 6.07) is 7.02. The van der Waals surface area contributed by atoms with Gasteiger partial charge in [0.05, 0.1) is 17.9 Å². The topological polar surface area (TPSA) is 116 Å². The first kappa shape index (κ1) is 29.2. The SMILES string of the molecule is CCCC(C)N1C[C@H]2C(=O)NC3(CCN(S(=O)(=O)c4ccc(OC)cc4)CC3)[C@H]2C1.O=C(O)C(F)(F)F. The number of rotatable bonds is 6. The number of aliphatic carboxylic acids is 1. The van der Waals surface area contributed by atoms with Crippen LogP contribution in [0.25, 0.3) is 0 Å². The van der Waals surface area contributed by atoms with Crippen molar-refractivity contribution in [1.29, 1.82) is 0 Å². The lowest BCUT2D eigenvalue weighted by Gasteiger charge is -2.42. The molecule has 1 aromatic rings. The van der Waals surface area contributed by atoms with E-state index in [1.54, 1.807) is 35.7 Å². The lowest BCUT2D eigenvalue weighted by molar-refractivity contribution is -0.192. The number of amides is 1. The molecule has 1 aromatic carbocycles. The smallest absolute Gasteiger partial charge is 0.490 e. The number of hydrogen-bond acceptors (Lipinski definition) is 6. The number of carboxylic acid groups (broad SMARTS) is 1. The molecule has 3 atom stereocenters. The van der Waals surface area contributed by atoms with Crippen molar-refractivity contribution in [2.45, 2.75) is 62.2 Å². The van der Waals surface area contributed by atoms with Gasteiger partial charge < -0.3 is 15.2 Å². The zero-order valence-corrected chi connectivity index (χ0v) is 21.9. The van der Waals surface area contributed by atoms with Gasteiger partial charge in [-0.1, -0.05) is 13.3 Å². The molecular weight excluding hydrogens is 515 g/mol. The average molecular weight is 550 g/mol. The number of carbonyl (C=O) groups is 2. The van der Waals surface area contributed by atoms with Crippen molar-refractivity contribution in [3.63, 3.8) is 0 Å². The van der Waals surface area contributed by atoms with Crippen molar-refractivity contribution in [1.82, 2.24) is 14.5 Å². The predicted octanol–water partition coefficient (Wildman–Crippen LogP) is 2.72. The van der Waals surface area contributed by atoms with Gasteiger partial charge >= 0.3 is 12.1 Å². The van der Waals surface area contributed by atoms with Crippen LogP contribution in [0.2, 0.25) is 0 Å². The molecule has 1 amide bonds. The highest BCUT2D eigenvalue weighted by Crippen LogP contribution is 2.45. The lowest BCUT2D eigenvalue weighted by atomic mass is 9.76. The maximum Gasteiger partial charge on any atom is 0.490 e. The third kappa shape index (κ3) is 6.20. The Morgan fingerprint density at radius 1 is 1.22 bits per heavy atom. The number of likely N-dealkylation sites (tertiary alicyclic amines) is 1. The summed E-state index contributed by atoms with van der Waals surface area (Å²) >= 11 is 0. The van der Waals surface area contributed by atoms with Gasteiger partial charge in [0.1, 0.15) is 5.75 Å². The highest BCUT2D eigenvalue weighted by Gasteiger charge is 2.58. The third-order valence-electron chi connectivity index (χ3n) is 7.65. The van der Waals surface area contributed by atoms with Crippen molar-refractivity contribution in [3.8, 4) is 5.75 Å². The zero-order valence-electron chi connectivity index (χ0n) is 21.1. The molecule has 3 aliphatic heterocycles. The fourth-order valence-corrected chi connectivity index (χ4v) is 7.01. The average Bonchev–Trinajstić information content (AvgIpc) is 3.40. The Hall–Kier alpha value is -2.38. The van der Waals surface area contributed by atoms with Crippen molar-refractivity contribution in [3.05, 3.63) is 24.3 Å². The van der Waals surface area contributed by atoms with E-state index < -0.39 is 22.2 Å². The minimum Gasteiger partial charge on any atom is -0.497 e. The minimum atomic E-state index is -5.08. The molecular formula is C24H34F3N3O6S. The van der Waals surface area contributed by atoms with Crippen LogP contribution in [-0.2, 0) is 19.6 Å². The highest BCUT2D eigenvalue weighted by molar-refractivity contribution is 7.89. The molecule has 0 aliphatic carbocycles. The first-order valence-corrected chi connectivity index (χ1v) is 13.7. The molecule has 2 N–H and O–H groups in total. The van der Waals surface area contributed by atoms with Crippen LogP contribution in [-0.4, -0.2) is 85.7 Å². The second-order valence-electron chi connectivity index (χ2n) is 9.83. The van der Waals surface area contributed by atoms with E-state index in [-0.39, 0.29) is 28.2 Å². The van der Waals surface area contributed by atoms with Gasteiger partial charge in [-0.3, -0.25) is 9.69 Å². The monoisotopic (exact) mass is 549 g/mol. The number of nitrogens with zero attached hydrogens (tertiary/aromatic N) is 2. The summed E-state index contributed by atoms with van der Waals surface area (Å²) in [5, 5.41) is 10.4. The molecule has 3 heterocycles. The number of halogens is 3. The van der Waals surface area contributed by atoms with Gasteiger partial charge in [-0.25, -0.2) is 13.2 Å². The number of benzene rings is 1. The van der Waals surface area contributed by atoms with E-state index in [0.29, 0.717) is 37.7 Å². The molecule has 37 heavy (non-hydrogen) atoms. The maximum absolute atomic E-state index is 13.1. The van der Waals surface area contributed by atoms with Gasteiger partial charge in [0, 0.05) is 43.7 Å². The van der Waals surface area contributed by atoms with Gasteiger partial charge in [0.25, 0.3) is 0 Å². The third-order valence-corrected chi connectivity index (χ3v) is 9.56. The Balaban J connectivity index is 0.000000479. The van der Waals surface area contributed by atoms with E-state index in [4.69, 9.17) is 14.6 Å². The molecule has 1 spiro atoms. The molecule has 3 aliphatic rings. The molecule has 0 aromatic heterocycles. The van der Waals surface area contributed by atoms with E-state index in [1.807, 2.05) is 0 Å². The normalized spacial score (nSPS) is 24.6. The highest BCUT2D eigenvalue weighted by atomic mass is 32.2. The lowest BCUT2D eigenvalue weighted by Crippen LogP contribution is -2.56. The second kappa shape index (κ2) is 11.2. The Labute approximate surface area is 215 Å². The number of piperidine rings is 1. The molecule has 3 saturated heterocycles. The minimum absolute atomic E-state index is 0.0362. The summed E-state index contributed by atoms with van der Waals surface area (Å²) in [7, 11) is -1.99. The number of fused-ring (bicyclic) bond motifs is 2. The molecule has 1 unspecified atom stereocenters. The number of carbonyl (C=O) groups excluding carboxylic acids is 1. The van der Waals surface area contributed by atoms with Gasteiger partial charge in [-0.15, -0.1) is 0 Å². The van der Waals surface area contributed by atoms with E-state index in [2.05, 4.69) is 24.1 Å². The van der Waals surface area contributed by atoms with Crippen LogP contribution >= 0.6 is 0 Å². The van der Waals surface area contributed by atoms with E-state index in [1.165, 1.54) is 0 Å². The van der Waals surface area contributed by atoms with Crippen molar-refractivity contribution in [2.24, 2.45) is 11.8 Å². The maximum atomic E-state index is 13.1. The Morgan fingerprint density at radius 3 is 2.27 bits per heavy atom. The van der Waals surface area contributed by atoms with Crippen LogP contribution in [0.5, 0.6) is 5.75 Å². The molecule has 0 bridgehead atoms. The largest absolute Gasteiger partial charge is 0.497 e. The van der Waals surface area contributed by atoms with Gasteiger partial charge in [0.15, 0.2) is 0 Å². The predicted molar refractivity (Wildman–Crippen MR) is 128 cm³/mol. The first-order chi connectivity index (χ1) is 17.2. The number of alkyl halides is 3. The summed E-state index contributed by atoms with van der Waals surface area (Å²) in [6.07, 6.45) is -1.46. The second-order valence-corrected chi connectivity index (χ2v) is 11.8. The zero-order chi connectivity index (χ0) is 27.6. The molecule has 13 heteroatoms. The fraction of sp³-hybridized carbons (Fsp3) is 0.667. The summed E-state index contributed by atoms with van der Waals surface area (Å²) in [4.78, 5) is 24.4. The Morgan fingerprint density at radius 2 is 1.78 bits per heavy atom. The molecule has 0 saturated carbocycles. The van der Waals surface area contributed by atoms with Crippen molar-refractivity contribution >= 4 is 21.9 Å². The van der Waals surface area contributed by atoms with E-state index in [0.717, 1.165) is 25.9 Å². The van der Waals surface area contributed by atoms with E-state index >= 15 is 0 Å². The van der Waals surface area contributed by atoms with Crippen LogP contribution in [0.15, 0.2) is 29.2 Å². The van der Waals surface area contributed by atoms with Crippen molar-refractivity contribution < 1.29 is 41.0 Å². The van der Waals surface area contributed by atoms with Crippen LogP contribution < -0.4 is 10.1 Å². The molecule has 9 nitrogen and oxygen atoms in total. The van der Waals surface area contributed by atoms with Crippen LogP contribution in [0.1, 0.15) is 39.5 Å². The molecule has 4 rings (SSSR count). The molecule has 0 radical (unpaired) electrons. The summed E-state index contributed by atoms with van der Waals surface area (Å²) in [5.41, 5.74) is -0.269. The number of sulfonamides is 1. The van der Waals surface area contributed by atoms with E-state index in [9.17, 15) is 26.4 Å². The summed E-state index contributed by atoms with van der Waals surface area (Å²) < 4.78 is 64.6. The molecule has 3 fully saturated rings. The van der Waals surface area contributed by atoms with Crippen LogP contribution in [0.4, 0.5) is 13.2 Å². The standard InChI is InChI=1S/C22H33N3O4S.C2HF3O2/c1-4-5-16(2)24-14-19-20(15-24)22(23-21(19)26)10-12-25(13-11-22)30(27,28)18-8-6-17(29-3)7-9-18;3-2(4,5)1(6)7/h6-9,16,19-20H,4-5,10-15H2,1-3H3,(H,23,26);(H,6,7)/t16?,19-,20+;/m1./s1. The van der Waals surface area contributed by atoms with Crippen molar-refractivity contribution in [2.75, 3.05) is 33.3 Å². The first-order valence-electron chi connectivity index (χ1n) is 12.3. The number of hydrogen-bond donors (Lipinski definition) is 2. The Kier molecular flexibility index (Phi) is 8.80. The van der Waals surface area contributed by atoms with Crippen LogP contribution in [0.3, 0.4) is 0 Å². The number of methoxy groups -OCH3 is 1. The van der Waals surface area contributed by atoms with Gasteiger partial charge in [-0.05, 0) is 50.5 Å². The quantitative estimate of drug-likeness (QED) is 0.561. The Bertz CT molecular complexity index is 1070. The number of carboxylic acids is 1. The summed E-state index contributed by atoms with van der Waals surface area (Å²) in [5.74, 6) is -1.66. The van der Waals surface area contributed by atoms with Gasteiger partial charge in [-0.2, -0.15) is 17.5 Å².